The first-order valence-corrected chi connectivity index (χ1v) is 2.77. The Labute approximate surface area is 57.8 Å². The van der Waals surface area contributed by atoms with E-state index >= 15 is 0 Å². The summed E-state index contributed by atoms with van der Waals surface area (Å²) < 4.78 is 0. The highest BCUT2D eigenvalue weighted by Crippen LogP contribution is 1.92. The van der Waals surface area contributed by atoms with Crippen molar-refractivity contribution in [2.24, 2.45) is 5.16 Å². The van der Waals surface area contributed by atoms with Crippen molar-refractivity contribution in [1.29, 1.82) is 0 Å². The molecule has 5 nitrogen and oxygen atoms in total. The first-order valence-electron chi connectivity index (χ1n) is 2.77. The smallest absolute Gasteiger partial charge is 0.175 e. The predicted octanol–water partition coefficient (Wildman–Crippen LogP) is -0.235. The molecule has 54 valence electrons. The van der Waals surface area contributed by atoms with Crippen molar-refractivity contribution in [3.63, 3.8) is 0 Å². The van der Waals surface area contributed by atoms with Crippen LogP contribution in [0.1, 0.15) is 5.56 Å². The van der Waals surface area contributed by atoms with Crippen LogP contribution in [0, 0.1) is 0 Å². The standard InChI is InChI=1S/C5H8N4O/c1-6-5(9-10)4-2-7-8-3-4/h2-3,10H,1H3,(H,6,9)(H,7,8). The van der Waals surface area contributed by atoms with Gasteiger partial charge in [-0.15, -0.1) is 0 Å². The molecular formula is C5H8N4O. The van der Waals surface area contributed by atoms with Crippen molar-refractivity contribution >= 4 is 5.84 Å². The Bertz CT molecular complexity index is 216. The maximum atomic E-state index is 8.38. The molecule has 0 fully saturated rings. The van der Waals surface area contributed by atoms with E-state index in [0.29, 0.717) is 5.84 Å². The topological polar surface area (TPSA) is 73.3 Å². The van der Waals surface area contributed by atoms with Gasteiger partial charge >= 0.3 is 0 Å². The molecule has 0 saturated carbocycles. The molecule has 0 spiro atoms. The summed E-state index contributed by atoms with van der Waals surface area (Å²) >= 11 is 0. The number of rotatable bonds is 1. The average molecular weight is 140 g/mol. The quantitative estimate of drug-likeness (QED) is 0.218. The van der Waals surface area contributed by atoms with Crippen molar-refractivity contribution in [3.8, 4) is 0 Å². The van der Waals surface area contributed by atoms with Gasteiger partial charge in [-0.1, -0.05) is 5.16 Å². The number of hydrogen-bond donors (Lipinski definition) is 3. The van der Waals surface area contributed by atoms with Crippen molar-refractivity contribution in [1.82, 2.24) is 15.5 Å². The number of nitrogens with one attached hydrogen (secondary N) is 2. The lowest BCUT2D eigenvalue weighted by atomic mass is 10.3. The predicted molar refractivity (Wildman–Crippen MR) is 36.0 cm³/mol. The van der Waals surface area contributed by atoms with Gasteiger partial charge in [0, 0.05) is 13.2 Å². The van der Waals surface area contributed by atoms with E-state index in [0.717, 1.165) is 5.56 Å². The normalized spacial score (nSPS) is 11.5. The van der Waals surface area contributed by atoms with E-state index in [4.69, 9.17) is 5.21 Å². The zero-order chi connectivity index (χ0) is 7.40. The van der Waals surface area contributed by atoms with Crippen LogP contribution < -0.4 is 5.32 Å². The summed E-state index contributed by atoms with van der Waals surface area (Å²) in [7, 11) is 1.67. The summed E-state index contributed by atoms with van der Waals surface area (Å²) in [5.74, 6) is 0.397. The van der Waals surface area contributed by atoms with E-state index in [1.807, 2.05) is 0 Å². The lowest BCUT2D eigenvalue weighted by Crippen LogP contribution is -2.18. The number of nitrogens with zero attached hydrogens (tertiary/aromatic N) is 2. The highest BCUT2D eigenvalue weighted by Gasteiger charge is 2.00. The lowest BCUT2D eigenvalue weighted by molar-refractivity contribution is 0.317. The first kappa shape index (κ1) is 6.60. The molecule has 1 rings (SSSR count). The molecular weight excluding hydrogens is 132 g/mol. The van der Waals surface area contributed by atoms with Gasteiger partial charge in [0.25, 0.3) is 0 Å². The SMILES string of the molecule is CNC(=NO)c1cn[nH]c1. The third-order valence-corrected chi connectivity index (χ3v) is 1.11. The molecule has 5 heteroatoms. The fourth-order valence-electron chi connectivity index (χ4n) is 0.632. The molecule has 0 bridgehead atoms. The molecule has 0 unspecified atom stereocenters. The second-order valence-corrected chi connectivity index (χ2v) is 1.69. The zero-order valence-electron chi connectivity index (χ0n) is 5.50. The molecule has 10 heavy (non-hydrogen) atoms. The van der Waals surface area contributed by atoms with Crippen LogP contribution >= 0.6 is 0 Å². The number of aromatic nitrogens is 2. The van der Waals surface area contributed by atoms with Crippen molar-refractivity contribution < 1.29 is 5.21 Å². The van der Waals surface area contributed by atoms with Crippen molar-refractivity contribution in [2.75, 3.05) is 7.05 Å². The molecule has 0 aliphatic rings. The summed E-state index contributed by atoms with van der Waals surface area (Å²) in [6, 6.07) is 0. The molecule has 1 aromatic heterocycles. The van der Waals surface area contributed by atoms with Gasteiger partial charge in [-0.05, 0) is 0 Å². The van der Waals surface area contributed by atoms with Gasteiger partial charge in [0.15, 0.2) is 5.84 Å². The molecule has 1 aromatic rings. The summed E-state index contributed by atoms with van der Waals surface area (Å²) in [4.78, 5) is 0. The number of amidine groups is 1. The Morgan fingerprint density at radius 2 is 2.70 bits per heavy atom. The van der Waals surface area contributed by atoms with E-state index in [2.05, 4.69) is 20.7 Å². The van der Waals surface area contributed by atoms with Crippen LogP contribution in [0.4, 0.5) is 0 Å². The minimum Gasteiger partial charge on any atom is -0.409 e. The van der Waals surface area contributed by atoms with Crippen molar-refractivity contribution in [2.45, 2.75) is 0 Å². The number of H-pyrrole nitrogens is 1. The van der Waals surface area contributed by atoms with Gasteiger partial charge in [0.2, 0.25) is 0 Å². The van der Waals surface area contributed by atoms with Crippen LogP contribution in [0.25, 0.3) is 0 Å². The fraction of sp³-hybridized carbons (Fsp3) is 0.200. The van der Waals surface area contributed by atoms with E-state index in [-0.39, 0.29) is 0 Å². The van der Waals surface area contributed by atoms with Crippen LogP contribution in [0.5, 0.6) is 0 Å². The first-order chi connectivity index (χ1) is 4.88. The summed E-state index contributed by atoms with van der Waals surface area (Å²) in [5, 5.41) is 20.3. The van der Waals surface area contributed by atoms with Crippen LogP contribution in [0.15, 0.2) is 17.5 Å². The molecule has 0 saturated heterocycles. The van der Waals surface area contributed by atoms with E-state index in [1.54, 1.807) is 19.4 Å². The van der Waals surface area contributed by atoms with Gasteiger partial charge in [-0.2, -0.15) is 5.10 Å². The molecule has 0 aliphatic carbocycles. The van der Waals surface area contributed by atoms with Crippen LogP contribution in [0.2, 0.25) is 0 Å². The van der Waals surface area contributed by atoms with Crippen LogP contribution in [0.3, 0.4) is 0 Å². The number of hydrogen-bond acceptors (Lipinski definition) is 3. The van der Waals surface area contributed by atoms with Crippen LogP contribution in [-0.4, -0.2) is 28.3 Å². The second-order valence-electron chi connectivity index (χ2n) is 1.69. The highest BCUT2D eigenvalue weighted by atomic mass is 16.4. The third kappa shape index (κ3) is 1.07. The minimum atomic E-state index is 0.397. The van der Waals surface area contributed by atoms with Gasteiger partial charge < -0.3 is 10.5 Å². The Morgan fingerprint density at radius 1 is 1.90 bits per heavy atom. The molecule has 0 radical (unpaired) electrons. The van der Waals surface area contributed by atoms with Gasteiger partial charge in [-0.25, -0.2) is 0 Å². The Hall–Kier alpha value is -1.52. The third-order valence-electron chi connectivity index (χ3n) is 1.11. The summed E-state index contributed by atoms with van der Waals surface area (Å²) in [6.45, 7) is 0. The van der Waals surface area contributed by atoms with Gasteiger partial charge in [0.1, 0.15) is 0 Å². The Morgan fingerprint density at radius 3 is 3.10 bits per heavy atom. The van der Waals surface area contributed by atoms with E-state index in [9.17, 15) is 0 Å². The largest absolute Gasteiger partial charge is 0.409 e. The number of oxime groups is 1. The molecule has 0 aromatic carbocycles. The summed E-state index contributed by atoms with van der Waals surface area (Å²) in [6.07, 6.45) is 3.19. The molecule has 1 heterocycles. The Kier molecular flexibility index (Phi) is 1.89. The van der Waals surface area contributed by atoms with Crippen LogP contribution in [-0.2, 0) is 0 Å². The maximum Gasteiger partial charge on any atom is 0.175 e. The molecule has 0 aliphatic heterocycles. The molecule has 0 atom stereocenters. The fourth-order valence-corrected chi connectivity index (χ4v) is 0.632. The second kappa shape index (κ2) is 2.86. The maximum absolute atomic E-state index is 8.38. The monoisotopic (exact) mass is 140 g/mol. The zero-order valence-corrected chi connectivity index (χ0v) is 5.50. The summed E-state index contributed by atoms with van der Waals surface area (Å²) in [5.41, 5.74) is 0.727. The lowest BCUT2D eigenvalue weighted by Gasteiger charge is -1.96. The minimum absolute atomic E-state index is 0.397. The molecule has 3 N–H and O–H groups in total. The highest BCUT2D eigenvalue weighted by molar-refractivity contribution is 5.97. The number of aromatic amines is 1. The molecule has 0 amide bonds. The van der Waals surface area contributed by atoms with E-state index in [1.165, 1.54) is 0 Å². The van der Waals surface area contributed by atoms with E-state index < -0.39 is 0 Å². The van der Waals surface area contributed by atoms with Gasteiger partial charge in [0.05, 0.1) is 11.8 Å². The van der Waals surface area contributed by atoms with Crippen molar-refractivity contribution in [3.05, 3.63) is 18.0 Å². The van der Waals surface area contributed by atoms with Gasteiger partial charge in [-0.3, -0.25) is 5.10 Å². The average Bonchev–Trinajstić information content (AvgIpc) is 2.43. The Balaban J connectivity index is 2.85.